The molecule has 0 rings (SSSR count). The van der Waals surface area contributed by atoms with E-state index in [4.69, 9.17) is 9.96 Å². The van der Waals surface area contributed by atoms with E-state index in [1.165, 1.54) is 12.8 Å². The predicted octanol–water partition coefficient (Wildman–Crippen LogP) is 5.27. The van der Waals surface area contributed by atoms with Gasteiger partial charge in [-0.2, -0.15) is 0 Å². The summed E-state index contributed by atoms with van der Waals surface area (Å²) >= 11 is 0. The highest BCUT2D eigenvalue weighted by Gasteiger charge is 2.36. The van der Waals surface area contributed by atoms with E-state index in [9.17, 15) is 0 Å². The zero-order valence-electron chi connectivity index (χ0n) is 12.7. The van der Waals surface area contributed by atoms with Crippen LogP contribution in [0.4, 0.5) is 0 Å². The standard InChI is InChI=1S/C13H29N3OSi/c1-13(2,3)18(4,5)17-12-10-8-6-7-9-11-15-16-14/h6-12H2,1-5H3. The van der Waals surface area contributed by atoms with Gasteiger partial charge in [0.1, 0.15) is 0 Å². The Kier molecular flexibility index (Phi) is 8.32. The van der Waals surface area contributed by atoms with E-state index in [0.717, 1.165) is 25.9 Å². The van der Waals surface area contributed by atoms with E-state index in [1.54, 1.807) is 0 Å². The molecule has 18 heavy (non-hydrogen) atoms. The fourth-order valence-electron chi connectivity index (χ4n) is 1.40. The minimum atomic E-state index is -1.55. The molecule has 0 unspecified atom stereocenters. The van der Waals surface area contributed by atoms with Gasteiger partial charge in [-0.1, -0.05) is 45.1 Å². The highest BCUT2D eigenvalue weighted by molar-refractivity contribution is 6.74. The Morgan fingerprint density at radius 2 is 1.61 bits per heavy atom. The number of rotatable bonds is 9. The maximum absolute atomic E-state index is 8.13. The molecule has 0 aliphatic carbocycles. The van der Waals surface area contributed by atoms with Crippen LogP contribution in [-0.4, -0.2) is 21.5 Å². The molecule has 0 aliphatic rings. The third-order valence-corrected chi connectivity index (χ3v) is 8.27. The summed E-state index contributed by atoms with van der Waals surface area (Å²) in [4.78, 5) is 2.74. The summed E-state index contributed by atoms with van der Waals surface area (Å²) in [5.74, 6) is 0. The zero-order valence-corrected chi connectivity index (χ0v) is 13.7. The van der Waals surface area contributed by atoms with Gasteiger partial charge in [-0.05, 0) is 36.5 Å². The number of nitrogens with zero attached hydrogens (tertiary/aromatic N) is 3. The molecule has 4 nitrogen and oxygen atoms in total. The molecule has 0 saturated carbocycles. The normalized spacial score (nSPS) is 12.3. The van der Waals surface area contributed by atoms with Crippen molar-refractivity contribution in [2.24, 2.45) is 5.11 Å². The predicted molar refractivity (Wildman–Crippen MR) is 80.2 cm³/mol. The molecule has 106 valence electrons. The summed E-state index contributed by atoms with van der Waals surface area (Å²) in [6.07, 6.45) is 5.73. The van der Waals surface area contributed by atoms with Gasteiger partial charge in [0.05, 0.1) is 0 Å². The number of azide groups is 1. The highest BCUT2D eigenvalue weighted by atomic mass is 28.4. The highest BCUT2D eigenvalue weighted by Crippen LogP contribution is 2.36. The van der Waals surface area contributed by atoms with E-state index >= 15 is 0 Å². The first-order valence-electron chi connectivity index (χ1n) is 6.96. The fourth-order valence-corrected chi connectivity index (χ4v) is 2.49. The molecule has 0 atom stereocenters. The molecular weight excluding hydrogens is 242 g/mol. The van der Waals surface area contributed by atoms with Gasteiger partial charge in [0.2, 0.25) is 0 Å². The Labute approximate surface area is 113 Å². The van der Waals surface area contributed by atoms with Crippen molar-refractivity contribution in [3.05, 3.63) is 10.4 Å². The van der Waals surface area contributed by atoms with E-state index in [1.807, 2.05) is 0 Å². The van der Waals surface area contributed by atoms with Gasteiger partial charge in [0.15, 0.2) is 8.32 Å². The van der Waals surface area contributed by atoms with Crippen molar-refractivity contribution < 1.29 is 4.43 Å². The van der Waals surface area contributed by atoms with Crippen LogP contribution in [0.2, 0.25) is 18.1 Å². The number of unbranched alkanes of at least 4 members (excludes halogenated alkanes) is 4. The first-order valence-corrected chi connectivity index (χ1v) is 9.87. The summed E-state index contributed by atoms with van der Waals surface area (Å²) in [5, 5.41) is 3.83. The quantitative estimate of drug-likeness (QED) is 0.185. The molecule has 0 amide bonds. The largest absolute Gasteiger partial charge is 0.417 e. The minimum absolute atomic E-state index is 0.308. The molecule has 0 aromatic heterocycles. The SMILES string of the molecule is CC(C)(C)[Si](C)(C)OCCCCCCCN=[N+]=[N-]. The molecule has 0 saturated heterocycles. The maximum atomic E-state index is 8.13. The van der Waals surface area contributed by atoms with Gasteiger partial charge < -0.3 is 4.43 Å². The molecule has 0 spiro atoms. The maximum Gasteiger partial charge on any atom is 0.191 e. The average Bonchev–Trinajstić information content (AvgIpc) is 2.25. The molecule has 0 radical (unpaired) electrons. The van der Waals surface area contributed by atoms with Gasteiger partial charge >= 0.3 is 0 Å². The molecule has 0 bridgehead atoms. The Morgan fingerprint density at radius 1 is 1.06 bits per heavy atom. The molecule has 0 aromatic rings. The minimum Gasteiger partial charge on any atom is -0.417 e. The first-order chi connectivity index (χ1) is 8.31. The van der Waals surface area contributed by atoms with E-state index in [-0.39, 0.29) is 0 Å². The van der Waals surface area contributed by atoms with Crippen molar-refractivity contribution in [3.8, 4) is 0 Å². The monoisotopic (exact) mass is 271 g/mol. The average molecular weight is 271 g/mol. The van der Waals surface area contributed by atoms with Crippen LogP contribution in [0.15, 0.2) is 5.11 Å². The third-order valence-electron chi connectivity index (χ3n) is 3.73. The number of hydrogen-bond acceptors (Lipinski definition) is 2. The second-order valence-corrected chi connectivity index (χ2v) is 11.1. The van der Waals surface area contributed by atoms with Crippen LogP contribution < -0.4 is 0 Å². The summed E-state index contributed by atoms with van der Waals surface area (Å²) in [6.45, 7) is 12.9. The molecular formula is C13H29N3OSi. The van der Waals surface area contributed by atoms with Crippen molar-refractivity contribution in [2.75, 3.05) is 13.2 Å². The fraction of sp³-hybridized carbons (Fsp3) is 1.00. The van der Waals surface area contributed by atoms with Crippen LogP contribution in [0, 0.1) is 0 Å². The van der Waals surface area contributed by atoms with Crippen molar-refractivity contribution in [2.45, 2.75) is 71.0 Å². The molecule has 0 heterocycles. The van der Waals surface area contributed by atoms with Gasteiger partial charge in [-0.3, -0.25) is 0 Å². The van der Waals surface area contributed by atoms with Crippen molar-refractivity contribution in [1.82, 2.24) is 0 Å². The summed E-state index contributed by atoms with van der Waals surface area (Å²) < 4.78 is 6.11. The topological polar surface area (TPSA) is 58.0 Å². The smallest absolute Gasteiger partial charge is 0.191 e. The Morgan fingerprint density at radius 3 is 2.17 bits per heavy atom. The van der Waals surface area contributed by atoms with E-state index in [0.29, 0.717) is 11.6 Å². The first kappa shape index (κ1) is 17.5. The van der Waals surface area contributed by atoms with Crippen LogP contribution in [0.1, 0.15) is 52.9 Å². The van der Waals surface area contributed by atoms with Crippen LogP contribution in [-0.2, 0) is 4.43 Å². The van der Waals surface area contributed by atoms with Gasteiger partial charge in [-0.25, -0.2) is 0 Å². The Bertz CT molecular complexity index is 268. The second kappa shape index (κ2) is 8.56. The van der Waals surface area contributed by atoms with Crippen LogP contribution in [0.5, 0.6) is 0 Å². The van der Waals surface area contributed by atoms with Crippen molar-refractivity contribution >= 4 is 8.32 Å². The lowest BCUT2D eigenvalue weighted by molar-refractivity contribution is 0.277. The second-order valence-electron chi connectivity index (χ2n) is 6.33. The molecule has 0 aromatic carbocycles. The summed E-state index contributed by atoms with van der Waals surface area (Å²) in [5.41, 5.74) is 8.13. The summed E-state index contributed by atoms with van der Waals surface area (Å²) in [6, 6.07) is 0. The number of hydrogen-bond donors (Lipinski definition) is 0. The van der Waals surface area contributed by atoms with E-state index in [2.05, 4.69) is 43.9 Å². The third kappa shape index (κ3) is 7.74. The lowest BCUT2D eigenvalue weighted by Gasteiger charge is -2.36. The lowest BCUT2D eigenvalue weighted by atomic mass is 10.1. The van der Waals surface area contributed by atoms with Crippen LogP contribution in [0.25, 0.3) is 10.4 Å². The van der Waals surface area contributed by atoms with Gasteiger partial charge in [0, 0.05) is 18.1 Å². The molecule has 5 heteroatoms. The van der Waals surface area contributed by atoms with Gasteiger partial charge in [0.25, 0.3) is 0 Å². The van der Waals surface area contributed by atoms with Crippen LogP contribution in [0.3, 0.4) is 0 Å². The Hall–Kier alpha value is -0.513. The molecule has 0 fully saturated rings. The molecule has 0 aliphatic heterocycles. The zero-order chi connectivity index (χ0) is 14.1. The summed E-state index contributed by atoms with van der Waals surface area (Å²) in [7, 11) is -1.55. The Balaban J connectivity index is 3.49. The lowest BCUT2D eigenvalue weighted by Crippen LogP contribution is -2.40. The van der Waals surface area contributed by atoms with Gasteiger partial charge in [-0.15, -0.1) is 0 Å². The van der Waals surface area contributed by atoms with Crippen LogP contribution >= 0.6 is 0 Å². The van der Waals surface area contributed by atoms with Crippen molar-refractivity contribution in [1.29, 1.82) is 0 Å². The van der Waals surface area contributed by atoms with E-state index < -0.39 is 8.32 Å². The van der Waals surface area contributed by atoms with Crippen molar-refractivity contribution in [3.63, 3.8) is 0 Å². The molecule has 0 N–H and O–H groups in total.